The predicted octanol–water partition coefficient (Wildman–Crippen LogP) is 8.67. The fourth-order valence-corrected chi connectivity index (χ4v) is 11.2. The molecule has 3 fully saturated rings. The molecule has 0 bridgehead atoms. The number of aryl methyl sites for hydroxylation is 4. The second-order valence-corrected chi connectivity index (χ2v) is 17.2. The third-order valence-electron chi connectivity index (χ3n) is 12.5. The number of benzene rings is 3. The Hall–Kier alpha value is -4.77. The Kier molecular flexibility index (Phi) is 7.85. The average molecular weight is 780 g/mol. The number of carbonyl (C=O) groups excluding carboxylic acids is 4. The van der Waals surface area contributed by atoms with Gasteiger partial charge in [-0.25, -0.2) is 9.80 Å². The summed E-state index contributed by atoms with van der Waals surface area (Å²) in [6.07, 6.45) is 2.46. The summed E-state index contributed by atoms with van der Waals surface area (Å²) in [6.45, 7) is 7.47. The van der Waals surface area contributed by atoms with Gasteiger partial charge in [0.25, 0.3) is 0 Å². The number of carbonyl (C=O) groups is 4. The first-order chi connectivity index (χ1) is 25.7. The van der Waals surface area contributed by atoms with Crippen molar-refractivity contribution in [2.45, 2.75) is 46.5 Å². The van der Waals surface area contributed by atoms with Crippen LogP contribution in [0, 0.1) is 49.9 Å². The lowest BCUT2D eigenvalue weighted by Gasteiger charge is -2.49. The third-order valence-corrected chi connectivity index (χ3v) is 14.4. The number of thiophene rings is 1. The molecule has 6 unspecified atom stereocenters. The number of phenols is 1. The molecule has 1 saturated carbocycles. The highest BCUT2D eigenvalue weighted by Crippen LogP contribution is 2.64. The van der Waals surface area contributed by atoms with Gasteiger partial charge in [-0.2, -0.15) is 5.10 Å². The summed E-state index contributed by atoms with van der Waals surface area (Å²) in [6, 6.07) is 18.1. The maximum absolute atomic E-state index is 15.1. The molecule has 274 valence electrons. The van der Waals surface area contributed by atoms with Gasteiger partial charge in [-0.3, -0.25) is 23.9 Å². The van der Waals surface area contributed by atoms with Gasteiger partial charge < -0.3 is 5.11 Å². The number of aromatic hydroxyl groups is 1. The molecular weight excluding hydrogens is 743 g/mol. The minimum absolute atomic E-state index is 0.0396. The molecule has 54 heavy (non-hydrogen) atoms. The highest BCUT2D eigenvalue weighted by atomic mass is 35.5. The van der Waals surface area contributed by atoms with E-state index in [9.17, 15) is 19.5 Å². The number of hydrogen-bond acceptors (Lipinski definition) is 7. The van der Waals surface area contributed by atoms with Crippen LogP contribution < -0.4 is 9.80 Å². The number of fused-ring (bicyclic) bond motifs is 5. The standard InChI is InChI=1S/C42H36Cl2N4O5S/c1-19-9-11-23(16-30(19)44)47-38(50)25-13-12-24-28(34(25)40(47)52)17-29-39(51)48(41(53)42(29,4)35(24)26-8-6-7-20(2)36(26)49)33-18-31(45-46(33)5)37-21(3)27-15-22(43)10-14-32(27)54-37/h6-12,14-16,18,25,28-29,34-35,49H,13,17H2,1-5H3. The van der Waals surface area contributed by atoms with E-state index in [0.29, 0.717) is 38.4 Å². The van der Waals surface area contributed by atoms with Crippen LogP contribution in [0.3, 0.4) is 0 Å². The Morgan fingerprint density at radius 2 is 1.67 bits per heavy atom. The van der Waals surface area contributed by atoms with E-state index in [4.69, 9.17) is 28.3 Å². The first-order valence-electron chi connectivity index (χ1n) is 18.0. The van der Waals surface area contributed by atoms with Gasteiger partial charge in [-0.15, -0.1) is 11.3 Å². The van der Waals surface area contributed by atoms with Gasteiger partial charge in [0.05, 0.1) is 33.7 Å². The minimum Gasteiger partial charge on any atom is -0.507 e. The highest BCUT2D eigenvalue weighted by Gasteiger charge is 2.68. The van der Waals surface area contributed by atoms with Gasteiger partial charge in [0, 0.05) is 39.3 Å². The van der Waals surface area contributed by atoms with E-state index < -0.39 is 46.8 Å². The zero-order valence-electron chi connectivity index (χ0n) is 30.2. The molecule has 2 aromatic heterocycles. The lowest BCUT2D eigenvalue weighted by Crippen LogP contribution is -2.49. The van der Waals surface area contributed by atoms with E-state index in [0.717, 1.165) is 31.7 Å². The fourth-order valence-electron chi connectivity index (χ4n) is 9.68. The van der Waals surface area contributed by atoms with E-state index in [1.807, 2.05) is 51.1 Å². The highest BCUT2D eigenvalue weighted by molar-refractivity contribution is 7.22. The monoisotopic (exact) mass is 778 g/mol. The maximum atomic E-state index is 15.1. The number of halogens is 2. The molecular formula is C42H36Cl2N4O5S. The first-order valence-corrected chi connectivity index (χ1v) is 19.5. The molecule has 4 aliphatic rings. The molecule has 3 aromatic carbocycles. The molecule has 2 aliphatic heterocycles. The van der Waals surface area contributed by atoms with E-state index in [2.05, 4.69) is 0 Å². The van der Waals surface area contributed by atoms with Crippen molar-refractivity contribution in [3.63, 3.8) is 0 Å². The van der Waals surface area contributed by atoms with Gasteiger partial charge in [-0.1, -0.05) is 59.1 Å². The van der Waals surface area contributed by atoms with E-state index in [1.165, 1.54) is 9.80 Å². The van der Waals surface area contributed by atoms with E-state index >= 15 is 4.79 Å². The number of hydrogen-bond donors (Lipinski definition) is 1. The number of amides is 4. The molecule has 4 heterocycles. The quantitative estimate of drug-likeness (QED) is 0.144. The van der Waals surface area contributed by atoms with Crippen molar-refractivity contribution in [2.24, 2.45) is 36.1 Å². The van der Waals surface area contributed by atoms with Gasteiger partial charge in [-0.05, 0) is 98.9 Å². The number of phenolic OH excluding ortho intramolecular Hbond substituents is 1. The summed E-state index contributed by atoms with van der Waals surface area (Å²) in [7, 11) is 1.72. The lowest BCUT2D eigenvalue weighted by molar-refractivity contribution is -0.131. The Morgan fingerprint density at radius 1 is 0.889 bits per heavy atom. The van der Waals surface area contributed by atoms with Crippen molar-refractivity contribution < 1.29 is 24.3 Å². The Morgan fingerprint density at radius 3 is 2.43 bits per heavy atom. The molecule has 12 heteroatoms. The molecule has 0 radical (unpaired) electrons. The predicted molar refractivity (Wildman–Crippen MR) is 210 cm³/mol. The van der Waals surface area contributed by atoms with Crippen LogP contribution >= 0.6 is 34.5 Å². The second-order valence-electron chi connectivity index (χ2n) is 15.3. The zero-order chi connectivity index (χ0) is 38.1. The number of para-hydroxylation sites is 1. The van der Waals surface area contributed by atoms with Crippen molar-refractivity contribution in [3.8, 4) is 16.3 Å². The largest absolute Gasteiger partial charge is 0.507 e. The fraction of sp³-hybridized carbons (Fsp3) is 0.310. The minimum atomic E-state index is -1.32. The lowest BCUT2D eigenvalue weighted by atomic mass is 9.51. The molecule has 1 N–H and O–H groups in total. The number of allylic oxidation sites excluding steroid dienone is 2. The molecule has 9 nitrogen and oxygen atoms in total. The average Bonchev–Trinajstić information content (AvgIpc) is 3.81. The van der Waals surface area contributed by atoms with Crippen LogP contribution in [0.25, 0.3) is 20.7 Å². The maximum Gasteiger partial charge on any atom is 0.242 e. The van der Waals surface area contributed by atoms with Crippen molar-refractivity contribution in [1.29, 1.82) is 0 Å². The third kappa shape index (κ3) is 4.72. The van der Waals surface area contributed by atoms with Crippen LogP contribution in [0.2, 0.25) is 10.0 Å². The Labute approximate surface area is 325 Å². The molecule has 9 rings (SSSR count). The van der Waals surface area contributed by atoms with Gasteiger partial charge in [0.2, 0.25) is 23.6 Å². The van der Waals surface area contributed by atoms with Crippen LogP contribution in [0.4, 0.5) is 11.5 Å². The molecule has 5 aromatic rings. The number of nitrogens with zero attached hydrogens (tertiary/aromatic N) is 4. The summed E-state index contributed by atoms with van der Waals surface area (Å²) < 4.78 is 2.61. The SMILES string of the molecule is Cc1ccc(N2C(=O)C3CC=C4C(CC5C(=O)N(c6cc(-c7sc8ccc(Cl)cc8c7C)nn6C)C(=O)C5(C)C4c4cccc(C)c4O)C3C2=O)cc1Cl. The second kappa shape index (κ2) is 12.1. The topological polar surface area (TPSA) is 113 Å². The summed E-state index contributed by atoms with van der Waals surface area (Å²) in [4.78, 5) is 61.9. The zero-order valence-corrected chi connectivity index (χ0v) is 32.5. The molecule has 6 atom stereocenters. The van der Waals surface area contributed by atoms with Crippen molar-refractivity contribution >= 4 is 79.8 Å². The summed E-state index contributed by atoms with van der Waals surface area (Å²) >= 11 is 14.3. The van der Waals surface area contributed by atoms with Gasteiger partial charge in [0.15, 0.2) is 0 Å². The number of imide groups is 2. The van der Waals surface area contributed by atoms with Crippen molar-refractivity contribution in [1.82, 2.24) is 9.78 Å². The van der Waals surface area contributed by atoms with Crippen molar-refractivity contribution in [2.75, 3.05) is 9.80 Å². The van der Waals surface area contributed by atoms with Crippen LogP contribution in [-0.2, 0) is 26.2 Å². The number of rotatable bonds is 4. The summed E-state index contributed by atoms with van der Waals surface area (Å²) in [5, 5.41) is 18.5. The number of anilines is 2. The van der Waals surface area contributed by atoms with Crippen molar-refractivity contribution in [3.05, 3.63) is 105 Å². The van der Waals surface area contributed by atoms with Crippen LogP contribution in [-0.4, -0.2) is 38.5 Å². The molecule has 0 spiro atoms. The van der Waals surface area contributed by atoms with Crippen LogP contribution in [0.5, 0.6) is 5.75 Å². The Balaban J connectivity index is 1.16. The summed E-state index contributed by atoms with van der Waals surface area (Å²) in [5.74, 6) is -4.57. The molecule has 4 amide bonds. The van der Waals surface area contributed by atoms with Gasteiger partial charge >= 0.3 is 0 Å². The summed E-state index contributed by atoms with van der Waals surface area (Å²) in [5.41, 5.74) is 3.49. The normalized spacial score (nSPS) is 26.4. The van der Waals surface area contributed by atoms with E-state index in [1.54, 1.807) is 66.4 Å². The van der Waals surface area contributed by atoms with E-state index in [-0.39, 0.29) is 30.4 Å². The Bertz CT molecular complexity index is 2560. The molecule has 2 aliphatic carbocycles. The van der Waals surface area contributed by atoms with Gasteiger partial charge in [0.1, 0.15) is 17.3 Å². The number of aromatic nitrogens is 2. The van der Waals surface area contributed by atoms with Crippen LogP contribution in [0.15, 0.2) is 72.3 Å². The molecule has 2 saturated heterocycles. The van der Waals surface area contributed by atoms with Crippen LogP contribution in [0.1, 0.15) is 47.9 Å². The first kappa shape index (κ1) is 35.0. The smallest absolute Gasteiger partial charge is 0.242 e.